The predicted molar refractivity (Wildman–Crippen MR) is 94.8 cm³/mol. The number of amides is 1. The van der Waals surface area contributed by atoms with Crippen LogP contribution in [0.4, 0.5) is 0 Å². The van der Waals surface area contributed by atoms with Gasteiger partial charge in [-0.3, -0.25) is 9.48 Å². The van der Waals surface area contributed by atoms with E-state index in [0.717, 1.165) is 11.1 Å². The monoisotopic (exact) mass is 339 g/mol. The number of benzene rings is 2. The Kier molecular flexibility index (Phi) is 4.96. The molecule has 3 rings (SSSR count). The van der Waals surface area contributed by atoms with Crippen LogP contribution in [0.2, 0.25) is 5.02 Å². The number of hydrogen-bond donors (Lipinski definition) is 1. The lowest BCUT2D eigenvalue weighted by molar-refractivity contribution is -0.124. The molecule has 0 saturated carbocycles. The molecule has 2 atom stereocenters. The van der Waals surface area contributed by atoms with Crippen molar-refractivity contribution in [3.05, 3.63) is 89.2 Å². The molecule has 4 nitrogen and oxygen atoms in total. The first-order chi connectivity index (χ1) is 11.7. The van der Waals surface area contributed by atoms with E-state index in [9.17, 15) is 4.79 Å². The molecule has 2 aromatic carbocycles. The highest BCUT2D eigenvalue weighted by Gasteiger charge is 2.24. The fourth-order valence-electron chi connectivity index (χ4n) is 2.69. The van der Waals surface area contributed by atoms with Crippen LogP contribution in [0.3, 0.4) is 0 Å². The molecule has 0 aliphatic heterocycles. The minimum absolute atomic E-state index is 0.127. The first kappa shape index (κ1) is 16.3. The first-order valence-electron chi connectivity index (χ1n) is 7.75. The van der Waals surface area contributed by atoms with Gasteiger partial charge < -0.3 is 5.32 Å². The highest BCUT2D eigenvalue weighted by Crippen LogP contribution is 2.24. The van der Waals surface area contributed by atoms with Gasteiger partial charge in [-0.1, -0.05) is 60.1 Å². The number of carbonyl (C=O) groups is 1. The quantitative estimate of drug-likeness (QED) is 0.763. The maximum atomic E-state index is 12.9. The van der Waals surface area contributed by atoms with Crippen molar-refractivity contribution in [2.45, 2.75) is 19.0 Å². The Labute approximate surface area is 146 Å². The van der Waals surface area contributed by atoms with Crippen molar-refractivity contribution in [1.82, 2.24) is 15.1 Å². The van der Waals surface area contributed by atoms with E-state index in [2.05, 4.69) is 10.4 Å². The van der Waals surface area contributed by atoms with Gasteiger partial charge in [-0.05, 0) is 30.2 Å². The average Bonchev–Trinajstić information content (AvgIpc) is 3.10. The number of rotatable bonds is 5. The van der Waals surface area contributed by atoms with Gasteiger partial charge in [-0.2, -0.15) is 5.10 Å². The van der Waals surface area contributed by atoms with Crippen LogP contribution >= 0.6 is 11.6 Å². The van der Waals surface area contributed by atoms with Gasteiger partial charge in [0, 0.05) is 17.4 Å². The van der Waals surface area contributed by atoms with Gasteiger partial charge in [0.15, 0.2) is 6.04 Å². The Bertz CT molecular complexity index is 802. The van der Waals surface area contributed by atoms with Crippen LogP contribution in [0.25, 0.3) is 0 Å². The first-order valence-corrected chi connectivity index (χ1v) is 8.13. The molecule has 0 spiro atoms. The summed E-state index contributed by atoms with van der Waals surface area (Å²) < 4.78 is 1.66. The van der Waals surface area contributed by atoms with Crippen molar-refractivity contribution in [1.29, 1.82) is 0 Å². The highest BCUT2D eigenvalue weighted by atomic mass is 35.5. The molecule has 0 saturated heterocycles. The van der Waals surface area contributed by atoms with Crippen LogP contribution in [0.15, 0.2) is 73.1 Å². The van der Waals surface area contributed by atoms with Crippen molar-refractivity contribution < 1.29 is 4.79 Å². The molecule has 24 heavy (non-hydrogen) atoms. The minimum Gasteiger partial charge on any atom is -0.347 e. The van der Waals surface area contributed by atoms with Crippen LogP contribution in [-0.4, -0.2) is 15.7 Å². The number of carbonyl (C=O) groups excluding carboxylic acids is 1. The van der Waals surface area contributed by atoms with Crippen LogP contribution in [0.5, 0.6) is 0 Å². The molecular formula is C19H18ClN3O. The van der Waals surface area contributed by atoms with Crippen LogP contribution in [0, 0.1) is 0 Å². The molecule has 0 bridgehead atoms. The second-order valence-electron chi connectivity index (χ2n) is 5.55. The topological polar surface area (TPSA) is 46.9 Å². The van der Waals surface area contributed by atoms with Crippen molar-refractivity contribution in [3.63, 3.8) is 0 Å². The van der Waals surface area contributed by atoms with Gasteiger partial charge in [0.2, 0.25) is 5.91 Å². The standard InChI is InChI=1S/C19H18ClN3O/c1-14(16-10-5-6-11-17(16)20)22-19(24)18(23-13-7-12-21-23)15-8-3-2-4-9-15/h2-14,18H,1H3,(H,22,24). The Morgan fingerprint density at radius 1 is 1.08 bits per heavy atom. The number of hydrogen-bond acceptors (Lipinski definition) is 2. The summed E-state index contributed by atoms with van der Waals surface area (Å²) in [5.74, 6) is -0.127. The molecule has 0 aliphatic rings. The summed E-state index contributed by atoms with van der Waals surface area (Å²) >= 11 is 6.23. The molecule has 2 unspecified atom stereocenters. The van der Waals surface area contributed by atoms with E-state index in [0.29, 0.717) is 5.02 Å². The molecule has 5 heteroatoms. The van der Waals surface area contributed by atoms with Crippen molar-refractivity contribution in [2.75, 3.05) is 0 Å². The van der Waals surface area contributed by atoms with Gasteiger partial charge in [0.25, 0.3) is 0 Å². The van der Waals surface area contributed by atoms with Crippen molar-refractivity contribution in [3.8, 4) is 0 Å². The minimum atomic E-state index is -0.522. The van der Waals surface area contributed by atoms with Crippen LogP contribution in [-0.2, 0) is 4.79 Å². The third-order valence-corrected chi connectivity index (χ3v) is 4.23. The smallest absolute Gasteiger partial charge is 0.249 e. The van der Waals surface area contributed by atoms with E-state index >= 15 is 0 Å². The Morgan fingerprint density at radius 3 is 2.46 bits per heavy atom. The van der Waals surface area contributed by atoms with E-state index in [1.807, 2.05) is 61.5 Å². The summed E-state index contributed by atoms with van der Waals surface area (Å²) in [7, 11) is 0. The lowest BCUT2D eigenvalue weighted by Gasteiger charge is -2.22. The summed E-state index contributed by atoms with van der Waals surface area (Å²) in [5.41, 5.74) is 1.77. The number of aromatic nitrogens is 2. The van der Waals surface area contributed by atoms with E-state index in [1.54, 1.807) is 23.1 Å². The molecule has 1 amide bonds. The van der Waals surface area contributed by atoms with Crippen LogP contribution in [0.1, 0.15) is 30.1 Å². The summed E-state index contributed by atoms with van der Waals surface area (Å²) in [6.45, 7) is 1.92. The largest absolute Gasteiger partial charge is 0.347 e. The zero-order valence-electron chi connectivity index (χ0n) is 13.3. The summed E-state index contributed by atoms with van der Waals surface area (Å²) in [5, 5.41) is 7.92. The number of halogens is 1. The van der Waals surface area contributed by atoms with E-state index in [1.165, 1.54) is 0 Å². The van der Waals surface area contributed by atoms with Gasteiger partial charge in [0.05, 0.1) is 6.04 Å². The average molecular weight is 340 g/mol. The fraction of sp³-hybridized carbons (Fsp3) is 0.158. The van der Waals surface area contributed by atoms with Crippen LogP contribution < -0.4 is 5.32 Å². The second-order valence-corrected chi connectivity index (χ2v) is 5.96. The predicted octanol–water partition coefficient (Wildman–Crippen LogP) is 4.00. The summed E-state index contributed by atoms with van der Waals surface area (Å²) in [6.07, 6.45) is 3.46. The maximum Gasteiger partial charge on any atom is 0.249 e. The number of nitrogens with zero attached hydrogens (tertiary/aromatic N) is 2. The highest BCUT2D eigenvalue weighted by molar-refractivity contribution is 6.31. The molecule has 1 heterocycles. The molecule has 1 aromatic heterocycles. The van der Waals surface area contributed by atoms with Gasteiger partial charge in [0.1, 0.15) is 0 Å². The molecule has 0 fully saturated rings. The normalized spacial score (nSPS) is 13.2. The molecule has 1 N–H and O–H groups in total. The second kappa shape index (κ2) is 7.32. The molecule has 122 valence electrons. The zero-order chi connectivity index (χ0) is 16.9. The molecule has 0 radical (unpaired) electrons. The summed E-state index contributed by atoms with van der Waals surface area (Å²) in [4.78, 5) is 12.9. The molecule has 0 aliphatic carbocycles. The van der Waals surface area contributed by atoms with E-state index in [4.69, 9.17) is 11.6 Å². The third kappa shape index (κ3) is 3.49. The summed E-state index contributed by atoms with van der Waals surface area (Å²) in [6, 6.07) is 18.2. The maximum absolute atomic E-state index is 12.9. The third-order valence-electron chi connectivity index (χ3n) is 3.88. The van der Waals surface area contributed by atoms with Crippen molar-refractivity contribution >= 4 is 17.5 Å². The van der Waals surface area contributed by atoms with Gasteiger partial charge >= 0.3 is 0 Å². The van der Waals surface area contributed by atoms with Crippen molar-refractivity contribution in [2.24, 2.45) is 0 Å². The SMILES string of the molecule is CC(NC(=O)C(c1ccccc1)n1cccn1)c1ccccc1Cl. The van der Waals surface area contributed by atoms with Gasteiger partial charge in [-0.15, -0.1) is 0 Å². The lowest BCUT2D eigenvalue weighted by Crippen LogP contribution is -2.35. The van der Waals surface area contributed by atoms with Gasteiger partial charge in [-0.25, -0.2) is 0 Å². The Balaban J connectivity index is 1.86. The molecule has 3 aromatic rings. The Morgan fingerprint density at radius 2 is 1.79 bits per heavy atom. The number of nitrogens with one attached hydrogen (secondary N) is 1. The molecular weight excluding hydrogens is 322 g/mol. The fourth-order valence-corrected chi connectivity index (χ4v) is 2.99. The Hall–Kier alpha value is -2.59. The van der Waals surface area contributed by atoms with E-state index < -0.39 is 6.04 Å². The zero-order valence-corrected chi connectivity index (χ0v) is 14.0. The van der Waals surface area contributed by atoms with E-state index in [-0.39, 0.29) is 11.9 Å². The lowest BCUT2D eigenvalue weighted by atomic mass is 10.0.